The first-order chi connectivity index (χ1) is 12.0. The molecule has 0 N–H and O–H groups in total. The quantitative estimate of drug-likeness (QED) is 0.784. The summed E-state index contributed by atoms with van der Waals surface area (Å²) in [4.78, 5) is 40.3. The van der Waals surface area contributed by atoms with Crippen molar-refractivity contribution in [1.82, 2.24) is 4.90 Å². The van der Waals surface area contributed by atoms with Crippen LogP contribution >= 0.6 is 0 Å². The Morgan fingerprint density at radius 2 is 1.84 bits per heavy atom. The zero-order valence-corrected chi connectivity index (χ0v) is 14.7. The Morgan fingerprint density at radius 3 is 2.48 bits per heavy atom. The van der Waals surface area contributed by atoms with Gasteiger partial charge in [0, 0.05) is 32.1 Å². The van der Waals surface area contributed by atoms with Crippen molar-refractivity contribution in [3.05, 3.63) is 29.8 Å². The van der Waals surface area contributed by atoms with E-state index in [1.807, 2.05) is 24.3 Å². The molecule has 0 bridgehead atoms. The van der Waals surface area contributed by atoms with E-state index in [-0.39, 0.29) is 23.7 Å². The van der Waals surface area contributed by atoms with Crippen LogP contribution in [-0.2, 0) is 25.5 Å². The Balaban J connectivity index is 1.68. The molecule has 0 radical (unpaired) electrons. The zero-order valence-electron chi connectivity index (χ0n) is 14.7. The smallest absolute Gasteiger partial charge is 0.309 e. The van der Waals surface area contributed by atoms with E-state index in [4.69, 9.17) is 4.74 Å². The lowest BCUT2D eigenvalue weighted by Gasteiger charge is -2.34. The molecule has 2 heterocycles. The summed E-state index contributed by atoms with van der Waals surface area (Å²) in [7, 11) is 0. The summed E-state index contributed by atoms with van der Waals surface area (Å²) >= 11 is 0. The lowest BCUT2D eigenvalue weighted by Crippen LogP contribution is -2.51. The van der Waals surface area contributed by atoms with Crippen LogP contribution in [0.15, 0.2) is 24.3 Å². The number of ether oxygens (including phenoxy) is 1. The highest BCUT2D eigenvalue weighted by Crippen LogP contribution is 2.33. The molecule has 1 aromatic carbocycles. The second kappa shape index (κ2) is 7.25. The summed E-state index contributed by atoms with van der Waals surface area (Å²) in [6.07, 6.45) is 1.78. The predicted octanol–water partition coefficient (Wildman–Crippen LogP) is 1.77. The minimum absolute atomic E-state index is 0.0336. The number of hydrogen-bond donors (Lipinski definition) is 0. The Labute approximate surface area is 147 Å². The van der Waals surface area contributed by atoms with Crippen LogP contribution in [0.5, 0.6) is 0 Å². The number of nitrogens with zero attached hydrogens (tertiary/aromatic N) is 2. The van der Waals surface area contributed by atoms with Crippen LogP contribution in [0.3, 0.4) is 0 Å². The molecular weight excluding hydrogens is 320 g/mol. The minimum Gasteiger partial charge on any atom is -0.466 e. The van der Waals surface area contributed by atoms with Gasteiger partial charge in [0.2, 0.25) is 11.8 Å². The molecular formula is C19H24N2O4. The Bertz CT molecular complexity index is 680. The molecule has 1 fully saturated rings. The average molecular weight is 344 g/mol. The summed E-state index contributed by atoms with van der Waals surface area (Å²) < 4.78 is 5.07. The van der Waals surface area contributed by atoms with E-state index in [2.05, 4.69) is 0 Å². The Hall–Kier alpha value is -2.37. The van der Waals surface area contributed by atoms with Crippen molar-refractivity contribution in [2.45, 2.75) is 39.2 Å². The van der Waals surface area contributed by atoms with E-state index in [1.54, 1.807) is 16.7 Å². The first-order valence-electron chi connectivity index (χ1n) is 8.86. The lowest BCUT2D eigenvalue weighted by molar-refractivity contribution is -0.151. The number of likely N-dealkylation sites (tertiary alicyclic amines) is 1. The van der Waals surface area contributed by atoms with Crippen LogP contribution in [0, 0.1) is 5.92 Å². The summed E-state index contributed by atoms with van der Waals surface area (Å²) in [6, 6.07) is 7.18. The normalized spacial score (nSPS) is 20.3. The number of amides is 2. The molecule has 2 aliphatic heterocycles. The molecule has 2 amide bonds. The molecule has 1 aromatic rings. The third-order valence-electron chi connectivity index (χ3n) is 5.03. The van der Waals surface area contributed by atoms with Gasteiger partial charge < -0.3 is 9.64 Å². The number of esters is 1. The minimum atomic E-state index is -0.478. The molecule has 1 saturated heterocycles. The maximum atomic E-state index is 13.0. The van der Waals surface area contributed by atoms with E-state index >= 15 is 0 Å². The zero-order chi connectivity index (χ0) is 18.0. The molecule has 25 heavy (non-hydrogen) atoms. The van der Waals surface area contributed by atoms with Gasteiger partial charge in [0.1, 0.15) is 6.04 Å². The number of para-hydroxylation sites is 1. The summed E-state index contributed by atoms with van der Waals surface area (Å²) in [5.41, 5.74) is 1.85. The molecule has 0 aromatic heterocycles. The lowest BCUT2D eigenvalue weighted by atomic mass is 9.96. The molecule has 2 aliphatic rings. The molecule has 1 unspecified atom stereocenters. The monoisotopic (exact) mass is 344 g/mol. The van der Waals surface area contributed by atoms with Crippen molar-refractivity contribution in [2.75, 3.05) is 24.6 Å². The van der Waals surface area contributed by atoms with Crippen LogP contribution in [-0.4, -0.2) is 48.4 Å². The maximum Gasteiger partial charge on any atom is 0.309 e. The van der Waals surface area contributed by atoms with Gasteiger partial charge >= 0.3 is 5.97 Å². The molecule has 0 aliphatic carbocycles. The van der Waals surface area contributed by atoms with E-state index in [9.17, 15) is 14.4 Å². The van der Waals surface area contributed by atoms with Crippen molar-refractivity contribution in [3.63, 3.8) is 0 Å². The average Bonchev–Trinajstić information content (AvgIpc) is 3.01. The van der Waals surface area contributed by atoms with Gasteiger partial charge in [-0.05, 0) is 31.4 Å². The topological polar surface area (TPSA) is 66.9 Å². The molecule has 6 nitrogen and oxygen atoms in total. The Kier molecular flexibility index (Phi) is 5.06. The van der Waals surface area contributed by atoms with Gasteiger partial charge in [-0.25, -0.2) is 0 Å². The fourth-order valence-electron chi connectivity index (χ4n) is 3.78. The molecule has 1 atom stereocenters. The predicted molar refractivity (Wildman–Crippen MR) is 93.0 cm³/mol. The van der Waals surface area contributed by atoms with E-state index in [0.717, 1.165) is 11.3 Å². The number of rotatable bonds is 3. The van der Waals surface area contributed by atoms with Crippen molar-refractivity contribution in [3.8, 4) is 0 Å². The number of hydrogen-bond acceptors (Lipinski definition) is 4. The fraction of sp³-hybridized carbons (Fsp3) is 0.526. The highest BCUT2D eigenvalue weighted by atomic mass is 16.5. The standard InChI is InChI=1S/C19H24N2O4/c1-3-25-19(24)14-8-10-20(11-9-14)18(23)17-12-15-6-4-5-7-16(15)21(17)13(2)22/h4-7,14,17H,3,8-12H2,1-2H3. The van der Waals surface area contributed by atoms with Gasteiger partial charge in [0.25, 0.3) is 0 Å². The van der Waals surface area contributed by atoms with Crippen molar-refractivity contribution < 1.29 is 19.1 Å². The maximum absolute atomic E-state index is 13.0. The molecule has 0 saturated carbocycles. The van der Waals surface area contributed by atoms with Gasteiger partial charge in [-0.3, -0.25) is 19.3 Å². The number of piperidine rings is 1. The van der Waals surface area contributed by atoms with Crippen LogP contribution in [0.1, 0.15) is 32.3 Å². The van der Waals surface area contributed by atoms with Crippen molar-refractivity contribution in [2.24, 2.45) is 5.92 Å². The van der Waals surface area contributed by atoms with Crippen LogP contribution in [0.25, 0.3) is 0 Å². The van der Waals surface area contributed by atoms with Gasteiger partial charge in [-0.15, -0.1) is 0 Å². The van der Waals surface area contributed by atoms with Gasteiger partial charge in [-0.2, -0.15) is 0 Å². The van der Waals surface area contributed by atoms with Gasteiger partial charge in [-0.1, -0.05) is 18.2 Å². The molecule has 0 spiro atoms. The van der Waals surface area contributed by atoms with E-state index < -0.39 is 6.04 Å². The van der Waals surface area contributed by atoms with Gasteiger partial charge in [0.05, 0.1) is 12.5 Å². The SMILES string of the molecule is CCOC(=O)C1CCN(C(=O)C2Cc3ccccc3N2C(C)=O)CC1. The highest BCUT2D eigenvalue weighted by molar-refractivity contribution is 6.02. The van der Waals surface area contributed by atoms with Gasteiger partial charge in [0.15, 0.2) is 0 Å². The third-order valence-corrected chi connectivity index (χ3v) is 5.03. The van der Waals surface area contributed by atoms with Crippen LogP contribution < -0.4 is 4.90 Å². The number of carbonyl (C=O) groups is 3. The number of anilines is 1. The second-order valence-corrected chi connectivity index (χ2v) is 6.59. The highest BCUT2D eigenvalue weighted by Gasteiger charge is 2.40. The second-order valence-electron chi connectivity index (χ2n) is 6.59. The Morgan fingerprint density at radius 1 is 1.16 bits per heavy atom. The summed E-state index contributed by atoms with van der Waals surface area (Å²) in [5, 5.41) is 0. The first kappa shape index (κ1) is 17.5. The summed E-state index contributed by atoms with van der Waals surface area (Å²) in [5.74, 6) is -0.458. The van der Waals surface area contributed by atoms with Crippen molar-refractivity contribution in [1.29, 1.82) is 0 Å². The number of fused-ring (bicyclic) bond motifs is 1. The van der Waals surface area contributed by atoms with Crippen LogP contribution in [0.4, 0.5) is 5.69 Å². The molecule has 3 rings (SSSR count). The van der Waals surface area contributed by atoms with Crippen molar-refractivity contribution >= 4 is 23.5 Å². The molecule has 6 heteroatoms. The van der Waals surface area contributed by atoms with E-state index in [1.165, 1.54) is 6.92 Å². The summed E-state index contributed by atoms with van der Waals surface area (Å²) in [6.45, 7) is 4.73. The molecule has 134 valence electrons. The number of benzene rings is 1. The third kappa shape index (κ3) is 3.38. The largest absolute Gasteiger partial charge is 0.466 e. The first-order valence-corrected chi connectivity index (χ1v) is 8.86. The fourth-order valence-corrected chi connectivity index (χ4v) is 3.78. The van der Waals surface area contributed by atoms with E-state index in [0.29, 0.717) is 39.0 Å². The van der Waals surface area contributed by atoms with Crippen LogP contribution in [0.2, 0.25) is 0 Å². The number of carbonyl (C=O) groups excluding carboxylic acids is 3.